The molecule has 7 rings (SSSR count). The summed E-state index contributed by atoms with van der Waals surface area (Å²) in [6, 6.07) is 42.1. The van der Waals surface area contributed by atoms with Gasteiger partial charge in [0.1, 0.15) is 0 Å². The van der Waals surface area contributed by atoms with Crippen LogP contribution in [0.4, 0.5) is 0 Å². The molecule has 3 heterocycles. The summed E-state index contributed by atoms with van der Waals surface area (Å²) in [7, 11) is -3.06. The molecule has 0 aliphatic carbocycles. The van der Waals surface area contributed by atoms with E-state index in [4.69, 9.17) is 14.3 Å². The first kappa shape index (κ1) is 25.2. The van der Waals surface area contributed by atoms with Crippen LogP contribution in [0.15, 0.2) is 121 Å². The molecule has 1 fully saturated rings. The van der Waals surface area contributed by atoms with Crippen LogP contribution in [0.1, 0.15) is 27.7 Å². The second-order valence-electron chi connectivity index (χ2n) is 11.8. The highest BCUT2D eigenvalue weighted by atomic mass is 28.3. The number of hydrogen-bond donors (Lipinski definition) is 0. The molecule has 5 aromatic rings. The average Bonchev–Trinajstić information content (AvgIpc) is 3.40. The number of benzene rings is 4. The van der Waals surface area contributed by atoms with Crippen LogP contribution in [-0.2, 0) is 9.31 Å². The molecule has 2 aliphatic heterocycles. The molecule has 3 nitrogen and oxygen atoms in total. The molecule has 5 heteroatoms. The Morgan fingerprint density at radius 1 is 0.600 bits per heavy atom. The molecule has 0 atom stereocenters. The van der Waals surface area contributed by atoms with Crippen LogP contribution < -0.4 is 26.2 Å². The smallest absolute Gasteiger partial charge is 0.399 e. The predicted octanol–water partition coefficient (Wildman–Crippen LogP) is 4.41. The summed E-state index contributed by atoms with van der Waals surface area (Å²) in [5, 5.41) is 5.61. The fraction of sp³-hybridized carbons (Fsp3) is 0.171. The largest absolute Gasteiger partial charge is 0.497 e. The SMILES string of the molecule is CC1(C)OB(c2cccnc2-c2ccc3c(c2)[Si](c2ccccc2)(c2ccccc2)c2ccccc2-3)OC1(C)C. The summed E-state index contributed by atoms with van der Waals surface area (Å²) in [4.78, 5) is 4.91. The Labute approximate surface area is 238 Å². The van der Waals surface area contributed by atoms with Gasteiger partial charge < -0.3 is 9.31 Å². The van der Waals surface area contributed by atoms with E-state index >= 15 is 0 Å². The van der Waals surface area contributed by atoms with Crippen molar-refractivity contribution < 1.29 is 9.31 Å². The van der Waals surface area contributed by atoms with Crippen molar-refractivity contribution in [3.05, 3.63) is 121 Å². The normalized spacial score (nSPS) is 17.9. The van der Waals surface area contributed by atoms with Gasteiger partial charge in [0.2, 0.25) is 0 Å². The highest BCUT2D eigenvalue weighted by Crippen LogP contribution is 2.37. The van der Waals surface area contributed by atoms with Crippen LogP contribution in [0.25, 0.3) is 22.4 Å². The van der Waals surface area contributed by atoms with Crippen molar-refractivity contribution in [1.82, 2.24) is 4.98 Å². The minimum Gasteiger partial charge on any atom is -0.399 e. The van der Waals surface area contributed by atoms with Crippen LogP contribution in [0.5, 0.6) is 0 Å². The molecule has 40 heavy (non-hydrogen) atoms. The van der Waals surface area contributed by atoms with Crippen molar-refractivity contribution >= 4 is 41.4 Å². The zero-order valence-corrected chi connectivity index (χ0v) is 24.4. The van der Waals surface area contributed by atoms with Gasteiger partial charge in [-0.2, -0.15) is 0 Å². The van der Waals surface area contributed by atoms with E-state index in [0.29, 0.717) is 0 Å². The predicted molar refractivity (Wildman–Crippen MR) is 168 cm³/mol. The molecule has 0 amide bonds. The first-order valence-corrected chi connectivity index (χ1v) is 16.0. The third-order valence-electron chi connectivity index (χ3n) is 9.08. The van der Waals surface area contributed by atoms with Gasteiger partial charge in [0.25, 0.3) is 0 Å². The van der Waals surface area contributed by atoms with Gasteiger partial charge in [0.05, 0.1) is 16.9 Å². The lowest BCUT2D eigenvalue weighted by Crippen LogP contribution is -2.72. The van der Waals surface area contributed by atoms with Crippen LogP contribution in [-0.4, -0.2) is 31.4 Å². The van der Waals surface area contributed by atoms with Crippen LogP contribution in [0.3, 0.4) is 0 Å². The standard InChI is InChI=1S/C35H32BNO2Si/c1-34(2)35(3,4)39-36(38-34)30-19-13-23-37-33(30)25-21-22-29-28-18-11-12-20-31(28)40(32(29)24-25,26-14-7-5-8-15-26)27-16-9-6-10-17-27/h5-24H,1-4H3. The van der Waals surface area contributed by atoms with Crippen molar-refractivity contribution in [3.8, 4) is 22.4 Å². The van der Waals surface area contributed by atoms with Gasteiger partial charge in [0.15, 0.2) is 8.07 Å². The molecule has 4 aromatic carbocycles. The van der Waals surface area contributed by atoms with Gasteiger partial charge in [0, 0.05) is 11.7 Å². The maximum absolute atomic E-state index is 6.48. The first-order chi connectivity index (χ1) is 19.3. The second kappa shape index (κ2) is 9.13. The number of pyridine rings is 1. The van der Waals surface area contributed by atoms with Gasteiger partial charge in [-0.3, -0.25) is 4.98 Å². The van der Waals surface area contributed by atoms with Crippen molar-refractivity contribution in [3.63, 3.8) is 0 Å². The summed E-state index contributed by atoms with van der Waals surface area (Å²) >= 11 is 0. The van der Waals surface area contributed by atoms with E-state index in [1.54, 1.807) is 0 Å². The molecule has 0 saturated carbocycles. The molecular weight excluding hydrogens is 505 g/mol. The fourth-order valence-corrected chi connectivity index (χ4v) is 11.6. The summed E-state index contributed by atoms with van der Waals surface area (Å²) < 4.78 is 13.0. The lowest BCUT2D eigenvalue weighted by Gasteiger charge is -2.32. The summed E-state index contributed by atoms with van der Waals surface area (Å²) in [5.74, 6) is 0. The topological polar surface area (TPSA) is 31.4 Å². The molecule has 0 spiro atoms. The number of aromatic nitrogens is 1. The molecule has 1 aromatic heterocycles. The minimum atomic E-state index is -2.58. The van der Waals surface area contributed by atoms with Crippen LogP contribution in [0, 0.1) is 0 Å². The monoisotopic (exact) mass is 537 g/mol. The van der Waals surface area contributed by atoms with E-state index in [0.717, 1.165) is 16.7 Å². The first-order valence-electron chi connectivity index (χ1n) is 14.0. The van der Waals surface area contributed by atoms with E-state index in [9.17, 15) is 0 Å². The summed E-state index contributed by atoms with van der Waals surface area (Å²) in [5.41, 5.74) is 4.75. The Morgan fingerprint density at radius 3 is 1.82 bits per heavy atom. The number of rotatable bonds is 4. The Balaban J connectivity index is 1.48. The molecule has 2 aliphatic rings. The van der Waals surface area contributed by atoms with Gasteiger partial charge in [-0.05, 0) is 71.2 Å². The summed E-state index contributed by atoms with van der Waals surface area (Å²) in [6.45, 7) is 8.37. The maximum atomic E-state index is 6.48. The van der Waals surface area contributed by atoms with Crippen molar-refractivity contribution in [2.75, 3.05) is 0 Å². The molecule has 0 N–H and O–H groups in total. The zero-order valence-electron chi connectivity index (χ0n) is 23.4. The molecule has 0 bridgehead atoms. The number of fused-ring (bicyclic) bond motifs is 3. The number of hydrogen-bond acceptors (Lipinski definition) is 3. The highest BCUT2D eigenvalue weighted by molar-refractivity contribution is 7.22. The van der Waals surface area contributed by atoms with Crippen molar-refractivity contribution in [2.45, 2.75) is 38.9 Å². The Morgan fingerprint density at radius 2 is 1.18 bits per heavy atom. The van der Waals surface area contributed by atoms with Crippen LogP contribution in [0.2, 0.25) is 0 Å². The van der Waals surface area contributed by atoms with E-state index < -0.39 is 26.4 Å². The third-order valence-corrected chi connectivity index (χ3v) is 13.9. The third kappa shape index (κ3) is 3.62. The summed E-state index contributed by atoms with van der Waals surface area (Å²) in [6.07, 6.45) is 1.87. The Kier molecular flexibility index (Phi) is 5.76. The van der Waals surface area contributed by atoms with Gasteiger partial charge >= 0.3 is 7.12 Å². The lowest BCUT2D eigenvalue weighted by molar-refractivity contribution is 0.00578. The Hall–Kier alpha value is -3.77. The molecule has 1 saturated heterocycles. The van der Waals surface area contributed by atoms with Crippen molar-refractivity contribution in [1.29, 1.82) is 0 Å². The highest BCUT2D eigenvalue weighted by Gasteiger charge is 2.53. The molecule has 196 valence electrons. The second-order valence-corrected chi connectivity index (χ2v) is 15.5. The molecular formula is C35H32BNO2Si. The van der Waals surface area contributed by atoms with Crippen molar-refractivity contribution in [2.24, 2.45) is 0 Å². The van der Waals surface area contributed by atoms with Gasteiger partial charge in [-0.1, -0.05) is 109 Å². The van der Waals surface area contributed by atoms with E-state index in [1.807, 2.05) is 12.3 Å². The fourth-order valence-electron chi connectivity index (χ4n) is 6.41. The quantitative estimate of drug-likeness (QED) is 0.313. The van der Waals surface area contributed by atoms with E-state index in [-0.39, 0.29) is 0 Å². The van der Waals surface area contributed by atoms with Gasteiger partial charge in [-0.25, -0.2) is 0 Å². The zero-order chi connectivity index (χ0) is 27.5. The minimum absolute atomic E-state index is 0.424. The Bertz CT molecular complexity index is 1660. The number of nitrogens with zero attached hydrogens (tertiary/aromatic N) is 1. The lowest BCUT2D eigenvalue weighted by atomic mass is 9.76. The van der Waals surface area contributed by atoms with E-state index in [1.165, 1.54) is 31.9 Å². The van der Waals surface area contributed by atoms with E-state index in [2.05, 4.69) is 137 Å². The van der Waals surface area contributed by atoms with Gasteiger partial charge in [-0.15, -0.1) is 0 Å². The maximum Gasteiger partial charge on any atom is 0.497 e. The average molecular weight is 538 g/mol. The molecule has 0 unspecified atom stereocenters. The molecule has 0 radical (unpaired) electrons. The van der Waals surface area contributed by atoms with Crippen LogP contribution >= 0.6 is 0 Å².